The van der Waals surface area contributed by atoms with Gasteiger partial charge in [0.05, 0.1) is 5.92 Å². The first-order chi connectivity index (χ1) is 10.1. The highest BCUT2D eigenvalue weighted by molar-refractivity contribution is 5.94. The molecule has 0 radical (unpaired) electrons. The zero-order chi connectivity index (χ0) is 15.2. The molecule has 0 spiro atoms. The Labute approximate surface area is 125 Å². The van der Waals surface area contributed by atoms with Crippen LogP contribution in [0.25, 0.3) is 0 Å². The second kappa shape index (κ2) is 7.22. The minimum absolute atomic E-state index is 0.0396. The molecule has 1 aliphatic heterocycles. The molecule has 0 saturated carbocycles. The van der Waals surface area contributed by atoms with Crippen LogP contribution in [0.5, 0.6) is 0 Å². The van der Waals surface area contributed by atoms with Crippen molar-refractivity contribution >= 4 is 11.8 Å². The van der Waals surface area contributed by atoms with Gasteiger partial charge < -0.3 is 16.0 Å². The maximum absolute atomic E-state index is 11.9. The van der Waals surface area contributed by atoms with E-state index in [1.807, 2.05) is 19.1 Å². The monoisotopic (exact) mass is 289 g/mol. The van der Waals surface area contributed by atoms with Crippen molar-refractivity contribution in [3.05, 3.63) is 35.4 Å². The van der Waals surface area contributed by atoms with Crippen molar-refractivity contribution in [3.8, 4) is 0 Å². The number of nitrogens with one attached hydrogen (secondary N) is 3. The van der Waals surface area contributed by atoms with Crippen LogP contribution in [0.4, 0.5) is 0 Å². The lowest BCUT2D eigenvalue weighted by Gasteiger charge is -2.14. The summed E-state index contributed by atoms with van der Waals surface area (Å²) in [6.07, 6.45) is 0. The lowest BCUT2D eigenvalue weighted by Crippen LogP contribution is -2.39. The van der Waals surface area contributed by atoms with Crippen molar-refractivity contribution in [2.24, 2.45) is 11.8 Å². The predicted molar refractivity (Wildman–Crippen MR) is 82.0 cm³/mol. The molecule has 1 aromatic rings. The lowest BCUT2D eigenvalue weighted by atomic mass is 9.97. The third-order valence-corrected chi connectivity index (χ3v) is 3.88. The second-order valence-corrected chi connectivity index (χ2v) is 5.65. The molecule has 21 heavy (non-hydrogen) atoms. The highest BCUT2D eigenvalue weighted by Crippen LogP contribution is 2.15. The molecular formula is C16H23N3O2. The Morgan fingerprint density at radius 2 is 1.81 bits per heavy atom. The number of carbonyl (C=O) groups is 2. The van der Waals surface area contributed by atoms with Crippen LogP contribution in [0.2, 0.25) is 0 Å². The summed E-state index contributed by atoms with van der Waals surface area (Å²) in [6.45, 7) is 6.58. The molecular weight excluding hydrogens is 266 g/mol. The van der Waals surface area contributed by atoms with Gasteiger partial charge in [-0.15, -0.1) is 0 Å². The highest BCUT2D eigenvalue weighted by Gasteiger charge is 2.28. The Balaban J connectivity index is 1.68. The van der Waals surface area contributed by atoms with Crippen LogP contribution in [-0.4, -0.2) is 38.0 Å². The van der Waals surface area contributed by atoms with E-state index in [-0.39, 0.29) is 17.7 Å². The van der Waals surface area contributed by atoms with Crippen LogP contribution in [0, 0.1) is 18.8 Å². The molecule has 0 aromatic heterocycles. The van der Waals surface area contributed by atoms with Gasteiger partial charge in [0, 0.05) is 25.2 Å². The van der Waals surface area contributed by atoms with Gasteiger partial charge in [0.1, 0.15) is 0 Å². The number of rotatable bonds is 5. The van der Waals surface area contributed by atoms with E-state index in [4.69, 9.17) is 0 Å². The van der Waals surface area contributed by atoms with Gasteiger partial charge in [-0.3, -0.25) is 9.59 Å². The zero-order valence-electron chi connectivity index (χ0n) is 12.6. The molecule has 2 amide bonds. The van der Waals surface area contributed by atoms with Crippen LogP contribution >= 0.6 is 0 Å². The number of carbonyl (C=O) groups excluding carboxylic acids is 2. The van der Waals surface area contributed by atoms with E-state index in [1.165, 1.54) is 0 Å². The van der Waals surface area contributed by atoms with Gasteiger partial charge in [-0.2, -0.15) is 0 Å². The maximum Gasteiger partial charge on any atom is 0.251 e. The Bertz CT molecular complexity index is 499. The first-order valence-electron chi connectivity index (χ1n) is 7.41. The van der Waals surface area contributed by atoms with E-state index in [0.29, 0.717) is 24.6 Å². The van der Waals surface area contributed by atoms with Gasteiger partial charge in [0.15, 0.2) is 0 Å². The fourth-order valence-electron chi connectivity index (χ4n) is 2.46. The molecule has 1 heterocycles. The number of amides is 2. The Hall–Kier alpha value is -1.88. The molecule has 5 heteroatoms. The molecule has 2 unspecified atom stereocenters. The molecule has 114 valence electrons. The van der Waals surface area contributed by atoms with Crippen molar-refractivity contribution in [2.75, 3.05) is 26.2 Å². The van der Waals surface area contributed by atoms with Crippen molar-refractivity contribution < 1.29 is 9.59 Å². The van der Waals surface area contributed by atoms with Gasteiger partial charge in [-0.1, -0.05) is 24.6 Å². The molecule has 3 N–H and O–H groups in total. The molecule has 2 rings (SSSR count). The van der Waals surface area contributed by atoms with Gasteiger partial charge >= 0.3 is 0 Å². The summed E-state index contributed by atoms with van der Waals surface area (Å²) in [5.41, 5.74) is 1.76. The van der Waals surface area contributed by atoms with Gasteiger partial charge in [-0.25, -0.2) is 0 Å². The van der Waals surface area contributed by atoms with Crippen LogP contribution in [0.1, 0.15) is 22.8 Å². The van der Waals surface area contributed by atoms with Gasteiger partial charge in [0.2, 0.25) is 5.91 Å². The topological polar surface area (TPSA) is 70.2 Å². The first kappa shape index (κ1) is 15.5. The SMILES string of the molecule is Cc1ccc(C(=O)NCCNC(=O)C2CNCC2C)cc1. The summed E-state index contributed by atoms with van der Waals surface area (Å²) < 4.78 is 0. The molecule has 5 nitrogen and oxygen atoms in total. The third kappa shape index (κ3) is 4.29. The number of benzene rings is 1. The summed E-state index contributed by atoms with van der Waals surface area (Å²) in [7, 11) is 0. The minimum atomic E-state index is -0.111. The smallest absolute Gasteiger partial charge is 0.251 e. The van der Waals surface area contributed by atoms with Crippen molar-refractivity contribution in [1.29, 1.82) is 0 Å². The molecule has 1 aromatic carbocycles. The average molecular weight is 289 g/mol. The van der Waals surface area contributed by atoms with E-state index in [2.05, 4.69) is 22.9 Å². The highest BCUT2D eigenvalue weighted by atomic mass is 16.2. The maximum atomic E-state index is 11.9. The Kier molecular flexibility index (Phi) is 5.33. The van der Waals surface area contributed by atoms with E-state index in [0.717, 1.165) is 18.7 Å². The summed E-state index contributed by atoms with van der Waals surface area (Å²) >= 11 is 0. The van der Waals surface area contributed by atoms with E-state index >= 15 is 0 Å². The van der Waals surface area contributed by atoms with Crippen LogP contribution in [-0.2, 0) is 4.79 Å². The third-order valence-electron chi connectivity index (χ3n) is 3.88. The van der Waals surface area contributed by atoms with E-state index in [1.54, 1.807) is 12.1 Å². The molecule has 1 aliphatic rings. The van der Waals surface area contributed by atoms with Gasteiger partial charge in [0.25, 0.3) is 5.91 Å². The summed E-state index contributed by atoms with van der Waals surface area (Å²) in [5.74, 6) is 0.363. The fourth-order valence-corrected chi connectivity index (χ4v) is 2.46. The van der Waals surface area contributed by atoms with Crippen LogP contribution in [0.15, 0.2) is 24.3 Å². The fraction of sp³-hybridized carbons (Fsp3) is 0.500. The molecule has 1 saturated heterocycles. The number of hydrogen-bond acceptors (Lipinski definition) is 3. The molecule has 1 fully saturated rings. The first-order valence-corrected chi connectivity index (χ1v) is 7.41. The lowest BCUT2D eigenvalue weighted by molar-refractivity contribution is -0.125. The minimum Gasteiger partial charge on any atom is -0.354 e. The quantitative estimate of drug-likeness (QED) is 0.699. The standard InChI is InChI=1S/C16H23N3O2/c1-11-3-5-13(6-4-11)15(20)18-7-8-19-16(21)14-10-17-9-12(14)2/h3-6,12,14,17H,7-10H2,1-2H3,(H,18,20)(H,19,21). The van der Waals surface area contributed by atoms with Crippen LogP contribution < -0.4 is 16.0 Å². The van der Waals surface area contributed by atoms with Crippen molar-refractivity contribution in [1.82, 2.24) is 16.0 Å². The summed E-state index contributed by atoms with van der Waals surface area (Å²) in [4.78, 5) is 23.8. The Morgan fingerprint density at radius 3 is 2.43 bits per heavy atom. The van der Waals surface area contributed by atoms with Crippen molar-refractivity contribution in [2.45, 2.75) is 13.8 Å². The normalized spacial score (nSPS) is 21.0. The molecule has 2 atom stereocenters. The van der Waals surface area contributed by atoms with E-state index < -0.39 is 0 Å². The number of aryl methyl sites for hydroxylation is 1. The van der Waals surface area contributed by atoms with Crippen molar-refractivity contribution in [3.63, 3.8) is 0 Å². The second-order valence-electron chi connectivity index (χ2n) is 5.65. The summed E-state index contributed by atoms with van der Waals surface area (Å²) in [5, 5.41) is 8.89. The van der Waals surface area contributed by atoms with Gasteiger partial charge in [-0.05, 0) is 31.5 Å². The number of hydrogen-bond donors (Lipinski definition) is 3. The zero-order valence-corrected chi connectivity index (χ0v) is 12.6. The predicted octanol–water partition coefficient (Wildman–Crippen LogP) is 0.697. The molecule has 0 bridgehead atoms. The Morgan fingerprint density at radius 1 is 1.14 bits per heavy atom. The largest absolute Gasteiger partial charge is 0.354 e. The average Bonchev–Trinajstić information content (AvgIpc) is 2.90. The van der Waals surface area contributed by atoms with Crippen LogP contribution in [0.3, 0.4) is 0 Å². The summed E-state index contributed by atoms with van der Waals surface area (Å²) in [6, 6.07) is 7.42. The molecule has 0 aliphatic carbocycles. The van der Waals surface area contributed by atoms with E-state index in [9.17, 15) is 9.59 Å².